The van der Waals surface area contributed by atoms with Gasteiger partial charge >= 0.3 is 5.69 Å². The maximum absolute atomic E-state index is 11.9. The van der Waals surface area contributed by atoms with Crippen LogP contribution in [0.5, 0.6) is 0 Å². The third-order valence-electron chi connectivity index (χ3n) is 2.64. The van der Waals surface area contributed by atoms with Crippen LogP contribution in [0.1, 0.15) is 17.4 Å². The van der Waals surface area contributed by atoms with Crippen molar-refractivity contribution in [3.8, 4) is 11.8 Å². The monoisotopic (exact) mass is 261 g/mol. The molecular formula is C13H15N3OS. The van der Waals surface area contributed by atoms with E-state index in [1.165, 1.54) is 0 Å². The first-order valence-electron chi connectivity index (χ1n) is 5.77. The SMILES string of the molecule is CCn1ccn(Cc2sccc2C#CCN)c1=O. The van der Waals surface area contributed by atoms with Gasteiger partial charge in [0, 0.05) is 29.4 Å². The molecule has 2 rings (SSSR count). The number of imidazole rings is 1. The predicted octanol–water partition coefficient (Wildman–Crippen LogP) is 1.09. The van der Waals surface area contributed by atoms with Gasteiger partial charge in [0.25, 0.3) is 0 Å². The number of hydrogen-bond donors (Lipinski definition) is 1. The van der Waals surface area contributed by atoms with Gasteiger partial charge in [0.2, 0.25) is 0 Å². The van der Waals surface area contributed by atoms with Crippen LogP contribution >= 0.6 is 11.3 Å². The van der Waals surface area contributed by atoms with Crippen LogP contribution in [0.15, 0.2) is 28.6 Å². The molecule has 18 heavy (non-hydrogen) atoms. The maximum Gasteiger partial charge on any atom is 0.328 e. The summed E-state index contributed by atoms with van der Waals surface area (Å²) in [5.74, 6) is 5.87. The maximum atomic E-state index is 11.9. The molecule has 4 nitrogen and oxygen atoms in total. The molecular weight excluding hydrogens is 246 g/mol. The second kappa shape index (κ2) is 5.71. The number of nitrogens with zero attached hydrogens (tertiary/aromatic N) is 2. The molecule has 2 N–H and O–H groups in total. The van der Waals surface area contributed by atoms with Crippen molar-refractivity contribution in [1.82, 2.24) is 9.13 Å². The number of rotatable bonds is 3. The molecule has 2 aromatic rings. The number of hydrogen-bond acceptors (Lipinski definition) is 3. The van der Waals surface area contributed by atoms with Gasteiger partial charge in [0.1, 0.15) is 0 Å². The molecule has 0 saturated carbocycles. The molecule has 0 atom stereocenters. The molecule has 0 radical (unpaired) electrons. The molecule has 0 spiro atoms. The van der Waals surface area contributed by atoms with Gasteiger partial charge in [-0.2, -0.15) is 0 Å². The molecule has 0 fully saturated rings. The quantitative estimate of drug-likeness (QED) is 0.841. The Kier molecular flexibility index (Phi) is 4.03. The fourth-order valence-electron chi connectivity index (χ4n) is 1.69. The summed E-state index contributed by atoms with van der Waals surface area (Å²) in [6.07, 6.45) is 3.62. The minimum atomic E-state index is 0.0173. The van der Waals surface area contributed by atoms with Gasteiger partial charge in [-0.15, -0.1) is 11.3 Å². The number of aromatic nitrogens is 2. The average molecular weight is 261 g/mol. The molecule has 2 aromatic heterocycles. The summed E-state index contributed by atoms with van der Waals surface area (Å²) in [5, 5.41) is 1.98. The lowest BCUT2D eigenvalue weighted by Crippen LogP contribution is -2.23. The van der Waals surface area contributed by atoms with E-state index in [1.807, 2.05) is 24.6 Å². The zero-order valence-corrected chi connectivity index (χ0v) is 11.0. The molecule has 2 heterocycles. The summed E-state index contributed by atoms with van der Waals surface area (Å²) < 4.78 is 3.38. The van der Waals surface area contributed by atoms with E-state index in [1.54, 1.807) is 26.7 Å². The highest BCUT2D eigenvalue weighted by molar-refractivity contribution is 7.10. The third kappa shape index (κ3) is 2.55. The Labute approximate surface area is 110 Å². The van der Waals surface area contributed by atoms with Crippen LogP contribution in [0.3, 0.4) is 0 Å². The normalized spacial score (nSPS) is 10.1. The molecule has 0 unspecified atom stereocenters. The number of aryl methyl sites for hydroxylation is 1. The van der Waals surface area contributed by atoms with Crippen molar-refractivity contribution in [1.29, 1.82) is 0 Å². The largest absolute Gasteiger partial charge is 0.328 e. The molecule has 5 heteroatoms. The standard InChI is InChI=1S/C13H15N3OS/c1-2-15-7-8-16(13(15)17)10-12-11(4-3-6-14)5-9-18-12/h5,7-9H,2,6,10,14H2,1H3. The van der Waals surface area contributed by atoms with Crippen LogP contribution in [-0.2, 0) is 13.1 Å². The third-order valence-corrected chi connectivity index (χ3v) is 3.55. The van der Waals surface area contributed by atoms with Gasteiger partial charge in [0.15, 0.2) is 0 Å². The Hall–Kier alpha value is -1.77. The van der Waals surface area contributed by atoms with E-state index in [0.717, 1.165) is 10.4 Å². The van der Waals surface area contributed by atoms with E-state index in [9.17, 15) is 4.79 Å². The van der Waals surface area contributed by atoms with E-state index in [4.69, 9.17) is 5.73 Å². The molecule has 0 saturated heterocycles. The summed E-state index contributed by atoms with van der Waals surface area (Å²) in [4.78, 5) is 13.0. The predicted molar refractivity (Wildman–Crippen MR) is 73.7 cm³/mol. The Morgan fingerprint density at radius 2 is 2.17 bits per heavy atom. The molecule has 0 aliphatic rings. The molecule has 0 aliphatic carbocycles. The first-order valence-corrected chi connectivity index (χ1v) is 6.65. The zero-order chi connectivity index (χ0) is 13.0. The van der Waals surface area contributed by atoms with E-state index < -0.39 is 0 Å². The van der Waals surface area contributed by atoms with Crippen molar-refractivity contribution >= 4 is 11.3 Å². The topological polar surface area (TPSA) is 52.9 Å². The second-order valence-corrected chi connectivity index (χ2v) is 4.76. The highest BCUT2D eigenvalue weighted by atomic mass is 32.1. The second-order valence-electron chi connectivity index (χ2n) is 3.76. The van der Waals surface area contributed by atoms with Crippen LogP contribution in [0.2, 0.25) is 0 Å². The van der Waals surface area contributed by atoms with Crippen LogP contribution in [0, 0.1) is 11.8 Å². The van der Waals surface area contributed by atoms with E-state index in [2.05, 4.69) is 11.8 Å². The van der Waals surface area contributed by atoms with E-state index in [-0.39, 0.29) is 5.69 Å². The Morgan fingerprint density at radius 1 is 1.39 bits per heavy atom. The Morgan fingerprint density at radius 3 is 2.83 bits per heavy atom. The van der Waals surface area contributed by atoms with Gasteiger partial charge < -0.3 is 5.73 Å². The van der Waals surface area contributed by atoms with Crippen LogP contribution < -0.4 is 11.4 Å². The Bertz CT molecular complexity index is 639. The van der Waals surface area contributed by atoms with Crippen LogP contribution in [-0.4, -0.2) is 15.7 Å². The summed E-state index contributed by atoms with van der Waals surface area (Å²) >= 11 is 1.61. The molecule has 0 aromatic carbocycles. The van der Waals surface area contributed by atoms with Crippen molar-refractivity contribution in [2.45, 2.75) is 20.0 Å². The smallest absolute Gasteiger partial charge is 0.320 e. The zero-order valence-electron chi connectivity index (χ0n) is 10.2. The highest BCUT2D eigenvalue weighted by Crippen LogP contribution is 2.16. The lowest BCUT2D eigenvalue weighted by atomic mass is 10.2. The van der Waals surface area contributed by atoms with E-state index in [0.29, 0.717) is 19.6 Å². The van der Waals surface area contributed by atoms with Gasteiger partial charge in [0.05, 0.1) is 13.1 Å². The summed E-state index contributed by atoms with van der Waals surface area (Å²) in [6.45, 7) is 3.56. The van der Waals surface area contributed by atoms with Crippen LogP contribution in [0.25, 0.3) is 0 Å². The van der Waals surface area contributed by atoms with Gasteiger partial charge in [-0.05, 0) is 18.4 Å². The summed E-state index contributed by atoms with van der Waals surface area (Å²) in [7, 11) is 0. The lowest BCUT2D eigenvalue weighted by molar-refractivity contribution is 0.671. The fourth-order valence-corrected chi connectivity index (χ4v) is 2.52. The number of thiophene rings is 1. The van der Waals surface area contributed by atoms with Crippen molar-refractivity contribution < 1.29 is 0 Å². The van der Waals surface area contributed by atoms with Gasteiger partial charge in [-0.25, -0.2) is 4.79 Å². The van der Waals surface area contributed by atoms with Crippen molar-refractivity contribution in [2.24, 2.45) is 5.73 Å². The minimum absolute atomic E-state index is 0.0173. The highest BCUT2D eigenvalue weighted by Gasteiger charge is 2.06. The van der Waals surface area contributed by atoms with Gasteiger partial charge in [-0.3, -0.25) is 9.13 Å². The molecule has 0 amide bonds. The Balaban J connectivity index is 2.26. The fraction of sp³-hybridized carbons (Fsp3) is 0.308. The molecule has 0 bridgehead atoms. The lowest BCUT2D eigenvalue weighted by Gasteiger charge is -2.00. The number of nitrogens with two attached hydrogens (primary N) is 1. The minimum Gasteiger partial charge on any atom is -0.320 e. The van der Waals surface area contributed by atoms with Gasteiger partial charge in [-0.1, -0.05) is 11.8 Å². The first kappa shape index (κ1) is 12.7. The van der Waals surface area contributed by atoms with Crippen molar-refractivity contribution in [2.75, 3.05) is 6.54 Å². The summed E-state index contributed by atoms with van der Waals surface area (Å²) in [6, 6.07) is 1.96. The van der Waals surface area contributed by atoms with Crippen molar-refractivity contribution in [3.05, 3.63) is 44.8 Å². The summed E-state index contributed by atoms with van der Waals surface area (Å²) in [5.41, 5.74) is 6.34. The van der Waals surface area contributed by atoms with Crippen LogP contribution in [0.4, 0.5) is 0 Å². The first-order chi connectivity index (χ1) is 8.76. The van der Waals surface area contributed by atoms with Crippen molar-refractivity contribution in [3.63, 3.8) is 0 Å². The average Bonchev–Trinajstić information content (AvgIpc) is 2.95. The molecule has 0 aliphatic heterocycles. The molecule has 94 valence electrons. The van der Waals surface area contributed by atoms with E-state index >= 15 is 0 Å².